The number of esters is 2. The molecule has 0 atom stereocenters. The van der Waals surface area contributed by atoms with Crippen molar-refractivity contribution in [1.82, 2.24) is 0 Å². The summed E-state index contributed by atoms with van der Waals surface area (Å²) in [6.07, 6.45) is 1.20. The summed E-state index contributed by atoms with van der Waals surface area (Å²) in [5, 5.41) is 0. The molecule has 0 amide bonds. The molecule has 1 aliphatic rings. The minimum absolute atomic E-state index is 0.273. The van der Waals surface area contributed by atoms with Crippen LogP contribution in [0.4, 0.5) is 4.39 Å². The van der Waals surface area contributed by atoms with E-state index < -0.39 is 23.5 Å². The van der Waals surface area contributed by atoms with Crippen LogP contribution in [-0.2, 0) is 19.1 Å². The Kier molecular flexibility index (Phi) is 3.48. The van der Waals surface area contributed by atoms with Crippen LogP contribution in [0.25, 0.3) is 6.08 Å². The quantitative estimate of drug-likeness (QED) is 0.471. The second-order valence-electron chi connectivity index (χ2n) is 4.66. The van der Waals surface area contributed by atoms with Crippen LogP contribution < -0.4 is 4.74 Å². The molecule has 1 saturated heterocycles. The Morgan fingerprint density at radius 2 is 1.75 bits per heavy atom. The number of cyclic esters (lactones) is 2. The fourth-order valence-corrected chi connectivity index (χ4v) is 1.73. The van der Waals surface area contributed by atoms with Gasteiger partial charge in [0.15, 0.2) is 0 Å². The highest BCUT2D eigenvalue weighted by molar-refractivity contribution is 6.18. The van der Waals surface area contributed by atoms with Gasteiger partial charge < -0.3 is 14.2 Å². The fraction of sp³-hybridized carbons (Fsp3) is 0.286. The van der Waals surface area contributed by atoms with Gasteiger partial charge in [-0.25, -0.2) is 14.0 Å². The molecular formula is C14H13FO5. The van der Waals surface area contributed by atoms with E-state index in [0.717, 1.165) is 6.07 Å². The van der Waals surface area contributed by atoms with Crippen LogP contribution >= 0.6 is 0 Å². The Morgan fingerprint density at radius 1 is 1.15 bits per heavy atom. The third-order valence-electron chi connectivity index (χ3n) is 2.56. The Bertz CT molecular complexity index is 582. The Morgan fingerprint density at radius 3 is 2.30 bits per heavy atom. The highest BCUT2D eigenvalue weighted by Crippen LogP contribution is 2.25. The van der Waals surface area contributed by atoms with Crippen LogP contribution in [0, 0.1) is 5.82 Å². The zero-order valence-corrected chi connectivity index (χ0v) is 11.2. The van der Waals surface area contributed by atoms with E-state index in [-0.39, 0.29) is 11.3 Å². The first kappa shape index (κ1) is 14.0. The topological polar surface area (TPSA) is 61.8 Å². The lowest BCUT2D eigenvalue weighted by atomic mass is 10.1. The maximum atomic E-state index is 13.3. The molecule has 0 radical (unpaired) electrons. The van der Waals surface area contributed by atoms with Crippen molar-refractivity contribution >= 4 is 18.0 Å². The number of hydrogen-bond acceptors (Lipinski definition) is 5. The largest absolute Gasteiger partial charge is 0.497 e. The second-order valence-corrected chi connectivity index (χ2v) is 4.66. The first-order valence-electron chi connectivity index (χ1n) is 5.84. The molecule has 0 aromatic heterocycles. The van der Waals surface area contributed by atoms with E-state index in [1.807, 2.05) is 0 Å². The van der Waals surface area contributed by atoms with E-state index >= 15 is 0 Å². The van der Waals surface area contributed by atoms with Gasteiger partial charge in [0.05, 0.1) is 7.11 Å². The summed E-state index contributed by atoms with van der Waals surface area (Å²) in [7, 11) is 1.39. The van der Waals surface area contributed by atoms with Gasteiger partial charge in [0.25, 0.3) is 5.79 Å². The van der Waals surface area contributed by atoms with Gasteiger partial charge in [0.2, 0.25) is 0 Å². The number of carbonyl (C=O) groups excluding carboxylic acids is 2. The highest BCUT2D eigenvalue weighted by Gasteiger charge is 2.38. The lowest BCUT2D eigenvalue weighted by Gasteiger charge is -2.29. The Hall–Kier alpha value is -2.37. The number of ether oxygens (including phenoxy) is 3. The van der Waals surface area contributed by atoms with E-state index in [0.29, 0.717) is 5.56 Å². The average molecular weight is 280 g/mol. The summed E-state index contributed by atoms with van der Waals surface area (Å²) in [5.74, 6) is -3.20. The van der Waals surface area contributed by atoms with Crippen molar-refractivity contribution in [1.29, 1.82) is 0 Å². The van der Waals surface area contributed by atoms with Crippen molar-refractivity contribution in [3.8, 4) is 5.75 Å². The van der Waals surface area contributed by atoms with Crippen LogP contribution in [-0.4, -0.2) is 24.8 Å². The van der Waals surface area contributed by atoms with E-state index in [2.05, 4.69) is 0 Å². The van der Waals surface area contributed by atoms with Crippen molar-refractivity contribution < 1.29 is 28.2 Å². The second kappa shape index (κ2) is 4.96. The fourth-order valence-electron chi connectivity index (χ4n) is 1.73. The maximum Gasteiger partial charge on any atom is 0.348 e. The van der Waals surface area contributed by atoms with Crippen molar-refractivity contribution in [2.75, 3.05) is 7.11 Å². The van der Waals surface area contributed by atoms with Crippen LogP contribution in [0.1, 0.15) is 19.4 Å². The molecule has 0 saturated carbocycles. The normalized spacial score (nSPS) is 17.3. The smallest absolute Gasteiger partial charge is 0.348 e. The molecule has 0 N–H and O–H groups in total. The third-order valence-corrected chi connectivity index (χ3v) is 2.56. The molecule has 1 aliphatic heterocycles. The number of benzene rings is 1. The minimum atomic E-state index is -1.30. The van der Waals surface area contributed by atoms with Gasteiger partial charge >= 0.3 is 11.9 Å². The lowest BCUT2D eigenvalue weighted by Crippen LogP contribution is -2.41. The third kappa shape index (κ3) is 2.96. The molecular weight excluding hydrogens is 267 g/mol. The van der Waals surface area contributed by atoms with Crippen LogP contribution in [0.3, 0.4) is 0 Å². The SMILES string of the molecule is COc1cc(F)cc(C=C2C(=O)OC(C)(C)OC2=O)c1. The highest BCUT2D eigenvalue weighted by atomic mass is 19.1. The summed E-state index contributed by atoms with van der Waals surface area (Å²) in [5.41, 5.74) is 0.00225. The zero-order valence-electron chi connectivity index (χ0n) is 11.2. The van der Waals surface area contributed by atoms with E-state index in [4.69, 9.17) is 14.2 Å². The number of hydrogen-bond donors (Lipinski definition) is 0. The molecule has 106 valence electrons. The summed E-state index contributed by atoms with van der Waals surface area (Å²) in [4.78, 5) is 23.5. The molecule has 1 fully saturated rings. The number of halogens is 1. The van der Waals surface area contributed by atoms with Gasteiger partial charge in [-0.1, -0.05) is 0 Å². The number of rotatable bonds is 2. The van der Waals surface area contributed by atoms with Crippen LogP contribution in [0.15, 0.2) is 23.8 Å². The van der Waals surface area contributed by atoms with Crippen molar-refractivity contribution in [3.63, 3.8) is 0 Å². The lowest BCUT2D eigenvalue weighted by molar-refractivity contribution is -0.222. The van der Waals surface area contributed by atoms with Crippen molar-refractivity contribution in [3.05, 3.63) is 35.2 Å². The molecule has 0 aliphatic carbocycles. The molecule has 1 heterocycles. The van der Waals surface area contributed by atoms with Gasteiger partial charge in [-0.15, -0.1) is 0 Å². The van der Waals surface area contributed by atoms with Crippen molar-refractivity contribution in [2.24, 2.45) is 0 Å². The Balaban J connectivity index is 2.38. The summed E-state index contributed by atoms with van der Waals surface area (Å²) >= 11 is 0. The summed E-state index contributed by atoms with van der Waals surface area (Å²) in [6, 6.07) is 3.83. The maximum absolute atomic E-state index is 13.3. The first-order chi connectivity index (χ1) is 9.30. The molecule has 2 rings (SSSR count). The van der Waals surface area contributed by atoms with Crippen LogP contribution in [0.5, 0.6) is 5.75 Å². The van der Waals surface area contributed by atoms with Crippen LogP contribution in [0.2, 0.25) is 0 Å². The van der Waals surface area contributed by atoms with E-state index in [1.165, 1.54) is 39.2 Å². The molecule has 0 spiro atoms. The molecule has 6 heteroatoms. The van der Waals surface area contributed by atoms with Gasteiger partial charge in [0, 0.05) is 19.9 Å². The first-order valence-corrected chi connectivity index (χ1v) is 5.84. The van der Waals surface area contributed by atoms with Crippen molar-refractivity contribution in [2.45, 2.75) is 19.6 Å². The number of methoxy groups -OCH3 is 1. The van der Waals surface area contributed by atoms with Gasteiger partial charge in [-0.3, -0.25) is 0 Å². The van der Waals surface area contributed by atoms with E-state index in [9.17, 15) is 14.0 Å². The molecule has 1 aromatic carbocycles. The van der Waals surface area contributed by atoms with Gasteiger partial charge in [-0.2, -0.15) is 0 Å². The molecule has 20 heavy (non-hydrogen) atoms. The monoisotopic (exact) mass is 280 g/mol. The summed E-state index contributed by atoms with van der Waals surface area (Å²) in [6.45, 7) is 2.90. The molecule has 0 unspecified atom stereocenters. The van der Waals surface area contributed by atoms with Gasteiger partial charge in [-0.05, 0) is 23.8 Å². The van der Waals surface area contributed by atoms with E-state index in [1.54, 1.807) is 0 Å². The molecule has 0 bridgehead atoms. The molecule has 5 nitrogen and oxygen atoms in total. The average Bonchev–Trinajstić information content (AvgIpc) is 2.32. The predicted octanol–water partition coefficient (Wildman–Crippen LogP) is 2.05. The molecule has 1 aromatic rings. The number of carbonyl (C=O) groups is 2. The Labute approximate surface area is 114 Å². The predicted molar refractivity (Wildman–Crippen MR) is 67.2 cm³/mol. The van der Waals surface area contributed by atoms with Gasteiger partial charge in [0.1, 0.15) is 17.1 Å². The summed E-state index contributed by atoms with van der Waals surface area (Å²) < 4.78 is 28.1. The zero-order chi connectivity index (χ0) is 14.9. The minimum Gasteiger partial charge on any atom is -0.497 e. The standard InChI is InChI=1S/C14H13FO5/c1-14(2)19-12(16)11(13(17)20-14)6-8-4-9(15)7-10(5-8)18-3/h4-7H,1-3H3.